The van der Waals surface area contributed by atoms with E-state index in [0.717, 1.165) is 5.69 Å². The molecule has 0 radical (unpaired) electrons. The van der Waals surface area contributed by atoms with Gasteiger partial charge in [0.05, 0.1) is 30.5 Å². The number of methoxy groups -OCH3 is 1. The van der Waals surface area contributed by atoms with Crippen LogP contribution in [0.25, 0.3) is 0 Å². The van der Waals surface area contributed by atoms with Gasteiger partial charge in [0.2, 0.25) is 0 Å². The van der Waals surface area contributed by atoms with Crippen molar-refractivity contribution in [2.45, 2.75) is 27.3 Å². The Bertz CT molecular complexity index is 747. The van der Waals surface area contributed by atoms with Crippen molar-refractivity contribution in [1.82, 2.24) is 9.78 Å². The molecule has 0 bridgehead atoms. The smallest absolute Gasteiger partial charge is 0.335 e. The largest absolute Gasteiger partial charge is 0.496 e. The molecule has 1 N–H and O–H groups in total. The Morgan fingerprint density at radius 1 is 1.32 bits per heavy atom. The van der Waals surface area contributed by atoms with Crippen LogP contribution in [0.2, 0.25) is 0 Å². The first-order chi connectivity index (χ1) is 10.3. The van der Waals surface area contributed by atoms with Crippen LogP contribution in [-0.2, 0) is 6.54 Å². The number of carboxylic acid groups (broad SMARTS) is 1. The van der Waals surface area contributed by atoms with Crippen LogP contribution >= 0.6 is 0 Å². The third-order valence-electron chi connectivity index (χ3n) is 3.58. The summed E-state index contributed by atoms with van der Waals surface area (Å²) in [5.74, 6) is -0.448. The molecule has 0 amide bonds. The average Bonchev–Trinajstić information content (AvgIpc) is 2.73. The van der Waals surface area contributed by atoms with Crippen molar-refractivity contribution in [3.05, 3.63) is 46.3 Å². The first-order valence-electron chi connectivity index (χ1n) is 6.80. The first kappa shape index (κ1) is 15.8. The number of Topliss-reactive ketones (excluding diaryl/α,β-unsaturated/α-hetero) is 1. The number of carbonyl (C=O) groups excluding carboxylic acids is 1. The van der Waals surface area contributed by atoms with Gasteiger partial charge in [0, 0.05) is 11.3 Å². The topological polar surface area (TPSA) is 81.4 Å². The molecule has 116 valence electrons. The van der Waals surface area contributed by atoms with Crippen LogP contribution in [0.1, 0.15) is 44.6 Å². The van der Waals surface area contributed by atoms with Gasteiger partial charge in [-0.1, -0.05) is 0 Å². The van der Waals surface area contributed by atoms with Gasteiger partial charge in [0.15, 0.2) is 5.78 Å². The first-order valence-corrected chi connectivity index (χ1v) is 6.80. The summed E-state index contributed by atoms with van der Waals surface area (Å²) in [5.41, 5.74) is 2.91. The molecule has 0 saturated heterocycles. The van der Waals surface area contributed by atoms with Crippen LogP contribution in [0.15, 0.2) is 18.2 Å². The monoisotopic (exact) mass is 302 g/mol. The maximum absolute atomic E-state index is 11.7. The summed E-state index contributed by atoms with van der Waals surface area (Å²) in [5, 5.41) is 13.5. The molecule has 2 aromatic rings. The molecule has 0 atom stereocenters. The van der Waals surface area contributed by atoms with Gasteiger partial charge in [-0.05, 0) is 39.0 Å². The molecule has 1 aromatic heterocycles. The summed E-state index contributed by atoms with van der Waals surface area (Å²) in [6, 6.07) is 4.67. The van der Waals surface area contributed by atoms with Crippen molar-refractivity contribution >= 4 is 11.8 Å². The van der Waals surface area contributed by atoms with Gasteiger partial charge in [0.1, 0.15) is 5.75 Å². The molecule has 1 heterocycles. The fourth-order valence-electron chi connectivity index (χ4n) is 2.56. The highest BCUT2D eigenvalue weighted by Crippen LogP contribution is 2.23. The molecule has 0 saturated carbocycles. The van der Waals surface area contributed by atoms with Gasteiger partial charge in [-0.25, -0.2) is 4.79 Å². The number of ketones is 1. The number of carbonyl (C=O) groups is 2. The highest BCUT2D eigenvalue weighted by Gasteiger charge is 2.17. The van der Waals surface area contributed by atoms with E-state index in [-0.39, 0.29) is 11.3 Å². The van der Waals surface area contributed by atoms with E-state index in [2.05, 4.69) is 5.10 Å². The van der Waals surface area contributed by atoms with Gasteiger partial charge in [-0.3, -0.25) is 9.48 Å². The number of hydrogen-bond donors (Lipinski definition) is 1. The number of aromatic nitrogens is 2. The van der Waals surface area contributed by atoms with Crippen molar-refractivity contribution in [2.24, 2.45) is 0 Å². The lowest BCUT2D eigenvalue weighted by Crippen LogP contribution is -2.08. The van der Waals surface area contributed by atoms with Crippen molar-refractivity contribution in [1.29, 1.82) is 0 Å². The van der Waals surface area contributed by atoms with Gasteiger partial charge in [-0.2, -0.15) is 5.10 Å². The van der Waals surface area contributed by atoms with Crippen molar-refractivity contribution in [2.75, 3.05) is 7.11 Å². The van der Waals surface area contributed by atoms with E-state index < -0.39 is 5.97 Å². The van der Waals surface area contributed by atoms with Gasteiger partial charge in [0.25, 0.3) is 0 Å². The van der Waals surface area contributed by atoms with E-state index in [0.29, 0.717) is 29.1 Å². The molecule has 0 spiro atoms. The number of aromatic carboxylic acids is 1. The van der Waals surface area contributed by atoms with Crippen LogP contribution in [0.3, 0.4) is 0 Å². The Morgan fingerprint density at radius 3 is 2.50 bits per heavy atom. The number of nitrogens with zero attached hydrogens (tertiary/aromatic N) is 2. The van der Waals surface area contributed by atoms with Gasteiger partial charge < -0.3 is 9.84 Å². The average molecular weight is 302 g/mol. The normalized spacial score (nSPS) is 10.5. The lowest BCUT2D eigenvalue weighted by atomic mass is 10.1. The van der Waals surface area contributed by atoms with E-state index in [9.17, 15) is 9.59 Å². The number of aryl methyl sites for hydroxylation is 1. The summed E-state index contributed by atoms with van der Waals surface area (Å²) >= 11 is 0. The van der Waals surface area contributed by atoms with Gasteiger partial charge >= 0.3 is 5.97 Å². The van der Waals surface area contributed by atoms with Crippen molar-refractivity contribution in [3.8, 4) is 5.75 Å². The summed E-state index contributed by atoms with van der Waals surface area (Å²) in [6.07, 6.45) is 0. The Hall–Kier alpha value is -2.63. The number of carboxylic acids is 1. The van der Waals surface area contributed by atoms with Crippen LogP contribution < -0.4 is 4.74 Å². The molecule has 0 aliphatic rings. The third-order valence-corrected chi connectivity index (χ3v) is 3.58. The van der Waals surface area contributed by atoms with Crippen molar-refractivity contribution in [3.63, 3.8) is 0 Å². The zero-order chi connectivity index (χ0) is 16.4. The molecular weight excluding hydrogens is 284 g/mol. The molecule has 0 fully saturated rings. The Balaban J connectivity index is 2.46. The van der Waals surface area contributed by atoms with Gasteiger partial charge in [-0.15, -0.1) is 0 Å². The number of rotatable bonds is 5. The van der Waals surface area contributed by atoms with Crippen LogP contribution in [0.5, 0.6) is 5.75 Å². The predicted molar refractivity (Wildman–Crippen MR) is 80.8 cm³/mol. The SMILES string of the molecule is COc1ccc(C(=O)O)cc1Cn1nc(C)c(C(C)=O)c1C. The Kier molecular flexibility index (Phi) is 4.30. The lowest BCUT2D eigenvalue weighted by molar-refractivity contribution is 0.0696. The molecule has 22 heavy (non-hydrogen) atoms. The Labute approximate surface area is 128 Å². The van der Waals surface area contributed by atoms with E-state index in [1.54, 1.807) is 23.7 Å². The highest BCUT2D eigenvalue weighted by molar-refractivity contribution is 5.96. The maximum atomic E-state index is 11.7. The fourth-order valence-corrected chi connectivity index (χ4v) is 2.56. The molecule has 1 aromatic carbocycles. The quantitative estimate of drug-likeness (QED) is 0.858. The zero-order valence-electron chi connectivity index (χ0n) is 13.0. The second-order valence-corrected chi connectivity index (χ2v) is 5.09. The zero-order valence-corrected chi connectivity index (χ0v) is 13.0. The van der Waals surface area contributed by atoms with E-state index in [4.69, 9.17) is 9.84 Å². The van der Waals surface area contributed by atoms with Crippen LogP contribution in [0.4, 0.5) is 0 Å². The minimum Gasteiger partial charge on any atom is -0.496 e. The molecule has 0 aliphatic heterocycles. The number of benzene rings is 1. The van der Waals surface area contributed by atoms with E-state index in [1.165, 1.54) is 20.1 Å². The molecule has 0 unspecified atom stereocenters. The van der Waals surface area contributed by atoms with E-state index in [1.807, 2.05) is 6.92 Å². The lowest BCUT2D eigenvalue weighted by Gasteiger charge is -2.11. The third kappa shape index (κ3) is 2.86. The molecular formula is C16H18N2O4. The molecule has 2 rings (SSSR count). The summed E-state index contributed by atoms with van der Waals surface area (Å²) in [7, 11) is 1.53. The standard InChI is InChI=1S/C16H18N2O4/c1-9-15(11(3)19)10(2)18(17-9)8-13-7-12(16(20)21)5-6-14(13)22-4/h5-7H,8H2,1-4H3,(H,20,21). The second kappa shape index (κ2) is 6.01. The minimum absolute atomic E-state index is 0.0347. The molecule has 0 aliphatic carbocycles. The molecule has 6 nitrogen and oxygen atoms in total. The maximum Gasteiger partial charge on any atom is 0.335 e. The van der Waals surface area contributed by atoms with Crippen LogP contribution in [-0.4, -0.2) is 33.7 Å². The summed E-state index contributed by atoms with van der Waals surface area (Å²) in [6.45, 7) is 5.45. The fraction of sp³-hybridized carbons (Fsp3) is 0.312. The molecule has 6 heteroatoms. The van der Waals surface area contributed by atoms with E-state index >= 15 is 0 Å². The van der Waals surface area contributed by atoms with Crippen LogP contribution in [0, 0.1) is 13.8 Å². The number of hydrogen-bond acceptors (Lipinski definition) is 4. The number of ether oxygens (including phenoxy) is 1. The summed E-state index contributed by atoms with van der Waals surface area (Å²) < 4.78 is 6.97. The minimum atomic E-state index is -0.998. The summed E-state index contributed by atoms with van der Waals surface area (Å²) in [4.78, 5) is 22.8. The van der Waals surface area contributed by atoms with Crippen molar-refractivity contribution < 1.29 is 19.4 Å². The second-order valence-electron chi connectivity index (χ2n) is 5.09. The predicted octanol–water partition coefficient (Wildman–Crippen LogP) is 2.46. The highest BCUT2D eigenvalue weighted by atomic mass is 16.5. The Morgan fingerprint density at radius 2 is 2.00 bits per heavy atom.